The van der Waals surface area contributed by atoms with Crippen LogP contribution in [0.2, 0.25) is 0 Å². The number of aryl methyl sites for hydroxylation is 2. The van der Waals surface area contributed by atoms with E-state index >= 15 is 0 Å². The number of carboxylic acids is 1. The topological polar surface area (TPSA) is 106 Å². The van der Waals surface area contributed by atoms with Crippen molar-refractivity contribution >= 4 is 33.3 Å². The van der Waals surface area contributed by atoms with Gasteiger partial charge in [0.25, 0.3) is 0 Å². The van der Waals surface area contributed by atoms with Gasteiger partial charge in [0, 0.05) is 6.54 Å². The van der Waals surface area contributed by atoms with Gasteiger partial charge in [0.05, 0.1) is 11.4 Å². The highest BCUT2D eigenvalue weighted by molar-refractivity contribution is 7.20. The molecule has 0 aliphatic rings. The molecule has 0 aromatic carbocycles. The Hall–Kier alpha value is -2.55. The molecule has 0 saturated heterocycles. The van der Waals surface area contributed by atoms with Crippen molar-refractivity contribution in [1.82, 2.24) is 24.7 Å². The van der Waals surface area contributed by atoms with Gasteiger partial charge >= 0.3 is 5.97 Å². The predicted molar refractivity (Wildman–Crippen MR) is 86.8 cm³/mol. The van der Waals surface area contributed by atoms with E-state index in [2.05, 4.69) is 25.4 Å². The predicted octanol–water partition coefficient (Wildman–Crippen LogP) is 2.48. The number of nitrogens with zero attached hydrogens (tertiary/aromatic N) is 5. The highest BCUT2D eigenvalue weighted by Gasteiger charge is 2.20. The maximum atomic E-state index is 11.3. The molecule has 0 fully saturated rings. The van der Waals surface area contributed by atoms with Crippen LogP contribution < -0.4 is 5.32 Å². The van der Waals surface area contributed by atoms with E-state index in [1.807, 2.05) is 13.8 Å². The van der Waals surface area contributed by atoms with Gasteiger partial charge in [-0.1, -0.05) is 0 Å². The summed E-state index contributed by atoms with van der Waals surface area (Å²) in [5.41, 5.74) is 0.671. The molecule has 0 amide bonds. The van der Waals surface area contributed by atoms with Gasteiger partial charge < -0.3 is 10.4 Å². The van der Waals surface area contributed by atoms with Crippen molar-refractivity contribution < 1.29 is 9.90 Å². The minimum Gasteiger partial charge on any atom is -0.477 e. The number of hydrogen-bond acceptors (Lipinski definition) is 7. The van der Waals surface area contributed by atoms with E-state index in [-0.39, 0.29) is 10.9 Å². The average molecular weight is 332 g/mol. The molecule has 0 saturated carbocycles. The molecule has 3 heterocycles. The first-order valence-electron chi connectivity index (χ1n) is 7.14. The maximum absolute atomic E-state index is 11.3. The van der Waals surface area contributed by atoms with E-state index < -0.39 is 5.97 Å². The van der Waals surface area contributed by atoms with E-state index in [1.54, 1.807) is 11.6 Å². The van der Waals surface area contributed by atoms with Crippen LogP contribution in [0.5, 0.6) is 0 Å². The van der Waals surface area contributed by atoms with Gasteiger partial charge in [0.15, 0.2) is 0 Å². The van der Waals surface area contributed by atoms with Crippen molar-refractivity contribution in [3.05, 3.63) is 28.9 Å². The SMILES string of the molecule is CCn1ncnc1[C@H](C)Nc1ncnc2sc(C(=O)O)c(C)c12. The summed E-state index contributed by atoms with van der Waals surface area (Å²) < 4.78 is 1.80. The minimum absolute atomic E-state index is 0.122. The van der Waals surface area contributed by atoms with Gasteiger partial charge in [-0.15, -0.1) is 11.3 Å². The van der Waals surface area contributed by atoms with Crippen molar-refractivity contribution in [3.63, 3.8) is 0 Å². The lowest BCUT2D eigenvalue weighted by atomic mass is 10.2. The van der Waals surface area contributed by atoms with Crippen LogP contribution in [0.4, 0.5) is 5.82 Å². The summed E-state index contributed by atoms with van der Waals surface area (Å²) in [5.74, 6) is 0.454. The number of aromatic nitrogens is 5. The zero-order valence-electron chi connectivity index (χ0n) is 12.9. The largest absolute Gasteiger partial charge is 0.477 e. The number of rotatable bonds is 5. The highest BCUT2D eigenvalue weighted by atomic mass is 32.1. The molecule has 3 aromatic rings. The fourth-order valence-electron chi connectivity index (χ4n) is 2.51. The first kappa shape index (κ1) is 15.3. The third-order valence-electron chi connectivity index (χ3n) is 3.61. The summed E-state index contributed by atoms with van der Waals surface area (Å²) >= 11 is 1.15. The maximum Gasteiger partial charge on any atom is 0.346 e. The van der Waals surface area contributed by atoms with Gasteiger partial charge in [-0.25, -0.2) is 24.4 Å². The Labute approximate surface area is 136 Å². The molecule has 8 nitrogen and oxygen atoms in total. The van der Waals surface area contributed by atoms with Gasteiger partial charge in [0.2, 0.25) is 0 Å². The molecule has 3 rings (SSSR count). The van der Waals surface area contributed by atoms with Crippen LogP contribution in [-0.2, 0) is 6.54 Å². The van der Waals surface area contributed by atoms with E-state index in [0.717, 1.165) is 29.1 Å². The van der Waals surface area contributed by atoms with Crippen LogP contribution in [0.3, 0.4) is 0 Å². The monoisotopic (exact) mass is 332 g/mol. The number of anilines is 1. The second-order valence-corrected chi connectivity index (χ2v) is 6.06. The standard InChI is InChI=1S/C14H16N6O2S/c1-4-20-12(16-6-18-20)8(3)19-11-9-7(2)10(14(21)22)23-13(9)17-5-15-11/h5-6,8H,4H2,1-3H3,(H,21,22)(H,15,17,19)/t8-/m0/s1. The van der Waals surface area contributed by atoms with Crippen molar-refractivity contribution in [3.8, 4) is 0 Å². The molecular formula is C14H16N6O2S. The molecule has 0 aliphatic heterocycles. The van der Waals surface area contributed by atoms with Crippen molar-refractivity contribution in [1.29, 1.82) is 0 Å². The van der Waals surface area contributed by atoms with Crippen LogP contribution in [-0.4, -0.2) is 35.8 Å². The molecule has 9 heteroatoms. The fourth-order valence-corrected chi connectivity index (χ4v) is 3.49. The first-order valence-corrected chi connectivity index (χ1v) is 7.96. The summed E-state index contributed by atoms with van der Waals surface area (Å²) in [5, 5.41) is 17.5. The smallest absolute Gasteiger partial charge is 0.346 e. The minimum atomic E-state index is -0.949. The normalized spacial score (nSPS) is 12.5. The Bertz CT molecular complexity index is 871. The number of hydrogen-bond donors (Lipinski definition) is 2. The third-order valence-corrected chi connectivity index (χ3v) is 4.79. The third kappa shape index (κ3) is 2.63. The summed E-state index contributed by atoms with van der Waals surface area (Å²) in [6, 6.07) is -0.122. The van der Waals surface area contributed by atoms with Crippen molar-refractivity contribution in [2.45, 2.75) is 33.4 Å². The van der Waals surface area contributed by atoms with E-state index in [0.29, 0.717) is 16.2 Å². The number of aromatic carboxylic acids is 1. The summed E-state index contributed by atoms with van der Waals surface area (Å²) in [7, 11) is 0. The molecule has 3 aromatic heterocycles. The van der Waals surface area contributed by atoms with Gasteiger partial charge in [-0.05, 0) is 26.3 Å². The number of fused-ring (bicyclic) bond motifs is 1. The summed E-state index contributed by atoms with van der Waals surface area (Å²) in [4.78, 5) is 25.0. The molecule has 0 bridgehead atoms. The molecule has 0 radical (unpaired) electrons. The van der Waals surface area contributed by atoms with Crippen LogP contribution >= 0.6 is 11.3 Å². The number of thiophene rings is 1. The first-order chi connectivity index (χ1) is 11.0. The van der Waals surface area contributed by atoms with Crippen LogP contribution in [0, 0.1) is 6.92 Å². The Balaban J connectivity index is 2.02. The molecule has 23 heavy (non-hydrogen) atoms. The van der Waals surface area contributed by atoms with E-state index in [9.17, 15) is 9.90 Å². The van der Waals surface area contributed by atoms with Crippen LogP contribution in [0.25, 0.3) is 10.2 Å². The lowest BCUT2D eigenvalue weighted by Crippen LogP contribution is -2.15. The fraction of sp³-hybridized carbons (Fsp3) is 0.357. The van der Waals surface area contributed by atoms with E-state index in [1.165, 1.54) is 12.7 Å². The molecule has 120 valence electrons. The van der Waals surface area contributed by atoms with Gasteiger partial charge in [-0.3, -0.25) is 0 Å². The molecule has 0 spiro atoms. The zero-order valence-corrected chi connectivity index (χ0v) is 13.8. The number of nitrogens with one attached hydrogen (secondary N) is 1. The molecule has 2 N–H and O–H groups in total. The van der Waals surface area contributed by atoms with Crippen molar-refractivity contribution in [2.75, 3.05) is 5.32 Å². The molecule has 1 atom stereocenters. The Morgan fingerprint density at radius 3 is 2.87 bits per heavy atom. The molecule has 0 unspecified atom stereocenters. The van der Waals surface area contributed by atoms with Gasteiger partial charge in [0.1, 0.15) is 34.0 Å². The molecule has 0 aliphatic carbocycles. The summed E-state index contributed by atoms with van der Waals surface area (Å²) in [6.07, 6.45) is 2.95. The van der Waals surface area contributed by atoms with Crippen LogP contribution in [0.15, 0.2) is 12.7 Å². The lowest BCUT2D eigenvalue weighted by molar-refractivity contribution is 0.0701. The van der Waals surface area contributed by atoms with Crippen LogP contribution in [0.1, 0.15) is 40.9 Å². The van der Waals surface area contributed by atoms with Gasteiger partial charge in [-0.2, -0.15) is 5.10 Å². The summed E-state index contributed by atoms with van der Waals surface area (Å²) in [6.45, 7) is 6.46. The second kappa shape index (κ2) is 5.92. The quantitative estimate of drug-likeness (QED) is 0.739. The Morgan fingerprint density at radius 1 is 1.39 bits per heavy atom. The van der Waals surface area contributed by atoms with E-state index in [4.69, 9.17) is 0 Å². The zero-order chi connectivity index (χ0) is 16.6. The number of carboxylic acid groups (broad SMARTS) is 1. The molecular weight excluding hydrogens is 316 g/mol. The lowest BCUT2D eigenvalue weighted by Gasteiger charge is -2.15. The number of carbonyl (C=O) groups is 1. The second-order valence-electron chi connectivity index (χ2n) is 5.06. The Kier molecular flexibility index (Phi) is 3.95. The highest BCUT2D eigenvalue weighted by Crippen LogP contribution is 2.34. The van der Waals surface area contributed by atoms with Crippen molar-refractivity contribution in [2.24, 2.45) is 0 Å². The Morgan fingerprint density at radius 2 is 2.17 bits per heavy atom. The average Bonchev–Trinajstić information content (AvgIpc) is 3.12.